The van der Waals surface area contributed by atoms with Gasteiger partial charge in [0.05, 0.1) is 11.4 Å². The first kappa shape index (κ1) is 14.0. The van der Waals surface area contributed by atoms with Gasteiger partial charge < -0.3 is 0 Å². The first-order chi connectivity index (χ1) is 9.22. The van der Waals surface area contributed by atoms with Gasteiger partial charge in [-0.05, 0) is 25.5 Å². The molecular formula is C14H15ClN2OS. The molecule has 0 saturated carbocycles. The van der Waals surface area contributed by atoms with Crippen molar-refractivity contribution in [1.82, 2.24) is 4.98 Å². The molecule has 0 aliphatic carbocycles. The van der Waals surface area contributed by atoms with E-state index in [4.69, 9.17) is 11.6 Å². The number of halogens is 1. The second-order valence-electron chi connectivity index (χ2n) is 4.13. The van der Waals surface area contributed by atoms with Crippen LogP contribution in [0.4, 0.5) is 10.8 Å². The Bertz CT molecular complexity index is 541. The number of aromatic nitrogens is 1. The maximum Gasteiger partial charge on any atom is 0.233 e. The van der Waals surface area contributed by atoms with Crippen LogP contribution in [0.5, 0.6) is 0 Å². The molecule has 0 unspecified atom stereocenters. The van der Waals surface area contributed by atoms with Gasteiger partial charge in [-0.3, -0.25) is 9.69 Å². The quantitative estimate of drug-likeness (QED) is 0.777. The van der Waals surface area contributed by atoms with Crippen LogP contribution in [0.3, 0.4) is 0 Å². The van der Waals surface area contributed by atoms with Crippen molar-refractivity contribution < 1.29 is 4.79 Å². The van der Waals surface area contributed by atoms with E-state index in [1.165, 1.54) is 11.3 Å². The number of anilines is 2. The molecule has 1 aromatic carbocycles. The van der Waals surface area contributed by atoms with Crippen LogP contribution in [0.15, 0.2) is 35.7 Å². The summed E-state index contributed by atoms with van der Waals surface area (Å²) in [5, 5.41) is 2.66. The molecule has 1 heterocycles. The maximum absolute atomic E-state index is 12.3. The van der Waals surface area contributed by atoms with E-state index in [0.717, 1.165) is 11.4 Å². The van der Waals surface area contributed by atoms with Crippen molar-refractivity contribution in [3.8, 4) is 0 Å². The number of hydrogen-bond donors (Lipinski definition) is 0. The number of thiazole rings is 1. The highest BCUT2D eigenvalue weighted by molar-refractivity contribution is 7.14. The molecule has 0 spiro atoms. The summed E-state index contributed by atoms with van der Waals surface area (Å²) in [4.78, 5) is 18.4. The zero-order valence-electron chi connectivity index (χ0n) is 10.7. The van der Waals surface area contributed by atoms with Crippen molar-refractivity contribution in [2.45, 2.75) is 19.8 Å². The van der Waals surface area contributed by atoms with Crippen LogP contribution in [-0.2, 0) is 4.79 Å². The first-order valence-electron chi connectivity index (χ1n) is 6.08. The van der Waals surface area contributed by atoms with E-state index in [2.05, 4.69) is 4.98 Å². The lowest BCUT2D eigenvalue weighted by atomic mass is 10.2. The molecule has 19 heavy (non-hydrogen) atoms. The molecule has 3 nitrogen and oxygen atoms in total. The average molecular weight is 295 g/mol. The van der Waals surface area contributed by atoms with Gasteiger partial charge in [0.25, 0.3) is 0 Å². The highest BCUT2D eigenvalue weighted by Crippen LogP contribution is 2.29. The Balaban J connectivity index is 2.31. The molecule has 1 aromatic heterocycles. The van der Waals surface area contributed by atoms with Gasteiger partial charge in [0.1, 0.15) is 0 Å². The largest absolute Gasteiger partial charge is 0.274 e. The fraction of sp³-hybridized carbons (Fsp3) is 0.286. The number of carbonyl (C=O) groups excluding carboxylic acids is 1. The summed E-state index contributed by atoms with van der Waals surface area (Å²) < 4.78 is 0. The number of amides is 1. The van der Waals surface area contributed by atoms with Crippen molar-refractivity contribution in [3.63, 3.8) is 0 Å². The van der Waals surface area contributed by atoms with E-state index in [9.17, 15) is 4.79 Å². The number of rotatable bonds is 5. The van der Waals surface area contributed by atoms with E-state index in [1.54, 1.807) is 4.90 Å². The fourth-order valence-corrected chi connectivity index (χ4v) is 2.68. The topological polar surface area (TPSA) is 33.2 Å². The molecular weight excluding hydrogens is 280 g/mol. The Hall–Kier alpha value is -1.39. The predicted molar refractivity (Wildman–Crippen MR) is 80.4 cm³/mol. The molecule has 0 N–H and O–H groups in total. The Labute approximate surface area is 121 Å². The lowest BCUT2D eigenvalue weighted by Crippen LogP contribution is -2.25. The van der Waals surface area contributed by atoms with E-state index in [0.29, 0.717) is 23.9 Å². The Morgan fingerprint density at radius 1 is 1.37 bits per heavy atom. The number of aryl methyl sites for hydroxylation is 1. The molecule has 0 atom stereocenters. The predicted octanol–water partition coefficient (Wildman–Crippen LogP) is 4.14. The van der Waals surface area contributed by atoms with Gasteiger partial charge in [-0.15, -0.1) is 22.9 Å². The van der Waals surface area contributed by atoms with Gasteiger partial charge in [0, 0.05) is 17.7 Å². The molecule has 5 heteroatoms. The molecule has 0 radical (unpaired) electrons. The first-order valence-corrected chi connectivity index (χ1v) is 7.50. The molecule has 0 aliphatic heterocycles. The third-order valence-corrected chi connectivity index (χ3v) is 3.80. The summed E-state index contributed by atoms with van der Waals surface area (Å²) in [5.41, 5.74) is 1.77. The van der Waals surface area contributed by atoms with Crippen LogP contribution in [0.2, 0.25) is 0 Å². The molecule has 2 rings (SSSR count). The Morgan fingerprint density at radius 3 is 2.68 bits per heavy atom. The van der Waals surface area contributed by atoms with Gasteiger partial charge in [0.2, 0.25) is 5.91 Å². The van der Waals surface area contributed by atoms with Gasteiger partial charge in [0.15, 0.2) is 5.13 Å². The fourth-order valence-electron chi connectivity index (χ4n) is 1.71. The van der Waals surface area contributed by atoms with E-state index in [-0.39, 0.29) is 5.91 Å². The number of hydrogen-bond acceptors (Lipinski definition) is 3. The van der Waals surface area contributed by atoms with Gasteiger partial charge >= 0.3 is 0 Å². The number of alkyl halides is 1. The second-order valence-corrected chi connectivity index (χ2v) is 5.34. The van der Waals surface area contributed by atoms with Crippen LogP contribution in [-0.4, -0.2) is 16.8 Å². The average Bonchev–Trinajstić information content (AvgIpc) is 2.84. The second kappa shape index (κ2) is 6.68. The molecule has 1 amide bonds. The monoisotopic (exact) mass is 294 g/mol. The number of benzene rings is 1. The summed E-state index contributed by atoms with van der Waals surface area (Å²) in [6, 6.07) is 9.58. The third kappa shape index (κ3) is 3.55. The van der Waals surface area contributed by atoms with Gasteiger partial charge in [-0.2, -0.15) is 0 Å². The van der Waals surface area contributed by atoms with Gasteiger partial charge in [-0.25, -0.2) is 4.98 Å². The number of carbonyl (C=O) groups is 1. The lowest BCUT2D eigenvalue weighted by molar-refractivity contribution is -0.117. The molecule has 0 fully saturated rings. The molecule has 0 saturated heterocycles. The summed E-state index contributed by atoms with van der Waals surface area (Å²) in [5.74, 6) is 0.520. The minimum Gasteiger partial charge on any atom is -0.274 e. The molecule has 0 bridgehead atoms. The smallest absolute Gasteiger partial charge is 0.233 e. The summed E-state index contributed by atoms with van der Waals surface area (Å²) in [6.45, 7) is 1.92. The number of nitrogens with zero attached hydrogens (tertiary/aromatic N) is 2. The minimum atomic E-state index is 0.0289. The van der Waals surface area contributed by atoms with E-state index in [1.807, 2.05) is 42.6 Å². The van der Waals surface area contributed by atoms with Crippen LogP contribution < -0.4 is 4.90 Å². The van der Waals surface area contributed by atoms with Crippen molar-refractivity contribution in [2.75, 3.05) is 10.8 Å². The standard InChI is InChI=1S/C14H15ClN2OS/c1-11-10-19-14(16-11)17(13(18)8-5-9-15)12-6-3-2-4-7-12/h2-4,6-7,10H,5,8-9H2,1H3. The highest BCUT2D eigenvalue weighted by atomic mass is 35.5. The molecule has 100 valence electrons. The summed E-state index contributed by atoms with van der Waals surface area (Å²) >= 11 is 7.14. The van der Waals surface area contributed by atoms with Crippen molar-refractivity contribution in [2.24, 2.45) is 0 Å². The van der Waals surface area contributed by atoms with Crippen LogP contribution in [0, 0.1) is 6.92 Å². The minimum absolute atomic E-state index is 0.0289. The van der Waals surface area contributed by atoms with E-state index < -0.39 is 0 Å². The summed E-state index contributed by atoms with van der Waals surface area (Å²) in [7, 11) is 0. The zero-order valence-corrected chi connectivity index (χ0v) is 12.2. The van der Waals surface area contributed by atoms with E-state index >= 15 is 0 Å². The zero-order chi connectivity index (χ0) is 13.7. The van der Waals surface area contributed by atoms with Gasteiger partial charge in [-0.1, -0.05) is 18.2 Å². The highest BCUT2D eigenvalue weighted by Gasteiger charge is 2.19. The summed E-state index contributed by atoms with van der Waals surface area (Å²) in [6.07, 6.45) is 1.10. The Morgan fingerprint density at radius 2 is 2.11 bits per heavy atom. The Kier molecular flexibility index (Phi) is 4.93. The van der Waals surface area contributed by atoms with Crippen LogP contribution >= 0.6 is 22.9 Å². The molecule has 0 aliphatic rings. The normalized spacial score (nSPS) is 10.4. The maximum atomic E-state index is 12.3. The SMILES string of the molecule is Cc1csc(N(C(=O)CCCCl)c2ccccc2)n1. The van der Waals surface area contributed by atoms with Crippen molar-refractivity contribution in [1.29, 1.82) is 0 Å². The molecule has 2 aromatic rings. The number of para-hydroxylation sites is 1. The van der Waals surface area contributed by atoms with Crippen LogP contribution in [0.1, 0.15) is 18.5 Å². The van der Waals surface area contributed by atoms with Crippen molar-refractivity contribution in [3.05, 3.63) is 41.4 Å². The third-order valence-electron chi connectivity index (χ3n) is 2.59. The van der Waals surface area contributed by atoms with Crippen LogP contribution in [0.25, 0.3) is 0 Å². The lowest BCUT2D eigenvalue weighted by Gasteiger charge is -2.19. The van der Waals surface area contributed by atoms with Crippen molar-refractivity contribution >= 4 is 39.7 Å².